The van der Waals surface area contributed by atoms with Gasteiger partial charge in [0, 0.05) is 30.5 Å². The minimum atomic E-state index is -0.0298. The van der Waals surface area contributed by atoms with Gasteiger partial charge in [-0.1, -0.05) is 6.42 Å². The standard InChI is InChI=1S/C14H23N3O3S/c18-12(17-5-7-20-8-6-17)4-2-1-3-11-13-10(9-21-11)15-14(19)16-13/h10-11,13H,1-9H2,(H2,15,16,19)/t10-,11-,13-/m0/s1. The summed E-state index contributed by atoms with van der Waals surface area (Å²) in [5.41, 5.74) is 0. The highest BCUT2D eigenvalue weighted by Crippen LogP contribution is 2.33. The molecule has 3 fully saturated rings. The van der Waals surface area contributed by atoms with E-state index in [1.165, 1.54) is 0 Å². The van der Waals surface area contributed by atoms with Crippen molar-refractivity contribution in [3.05, 3.63) is 0 Å². The monoisotopic (exact) mass is 313 g/mol. The second-order valence-corrected chi connectivity index (χ2v) is 7.13. The number of unbranched alkanes of at least 4 members (excludes halogenated alkanes) is 1. The molecule has 118 valence electrons. The number of amides is 3. The average molecular weight is 313 g/mol. The summed E-state index contributed by atoms with van der Waals surface area (Å²) in [5, 5.41) is 6.45. The summed E-state index contributed by atoms with van der Waals surface area (Å²) in [7, 11) is 0. The largest absolute Gasteiger partial charge is 0.378 e. The first-order chi connectivity index (χ1) is 10.2. The molecule has 0 unspecified atom stereocenters. The van der Waals surface area contributed by atoms with Crippen molar-refractivity contribution < 1.29 is 14.3 Å². The van der Waals surface area contributed by atoms with Gasteiger partial charge in [0.2, 0.25) is 5.91 Å². The molecule has 0 aliphatic carbocycles. The molecule has 3 aliphatic rings. The first-order valence-electron chi connectivity index (χ1n) is 7.78. The van der Waals surface area contributed by atoms with Crippen LogP contribution in [0.15, 0.2) is 0 Å². The molecule has 6 nitrogen and oxygen atoms in total. The van der Waals surface area contributed by atoms with Crippen molar-refractivity contribution in [3.63, 3.8) is 0 Å². The molecule has 3 amide bonds. The van der Waals surface area contributed by atoms with Crippen LogP contribution < -0.4 is 10.6 Å². The highest BCUT2D eigenvalue weighted by atomic mass is 32.2. The molecular weight excluding hydrogens is 290 g/mol. The topological polar surface area (TPSA) is 70.7 Å². The fraction of sp³-hybridized carbons (Fsp3) is 0.857. The van der Waals surface area contributed by atoms with Gasteiger partial charge in [-0.2, -0.15) is 11.8 Å². The van der Waals surface area contributed by atoms with Crippen LogP contribution in [0, 0.1) is 0 Å². The summed E-state index contributed by atoms with van der Waals surface area (Å²) < 4.78 is 5.25. The van der Waals surface area contributed by atoms with E-state index in [4.69, 9.17) is 4.74 Å². The van der Waals surface area contributed by atoms with Crippen LogP contribution in [0.3, 0.4) is 0 Å². The molecule has 0 aromatic carbocycles. The Morgan fingerprint density at radius 2 is 2.10 bits per heavy atom. The summed E-state index contributed by atoms with van der Waals surface area (Å²) in [5.74, 6) is 1.26. The number of hydrogen-bond acceptors (Lipinski definition) is 4. The lowest BCUT2D eigenvalue weighted by atomic mass is 10.0. The number of hydrogen-bond donors (Lipinski definition) is 2. The van der Waals surface area contributed by atoms with Crippen molar-refractivity contribution in [2.75, 3.05) is 32.1 Å². The highest BCUT2D eigenvalue weighted by Gasteiger charge is 2.42. The molecule has 2 N–H and O–H groups in total. The van der Waals surface area contributed by atoms with Gasteiger partial charge in [0.15, 0.2) is 0 Å². The van der Waals surface area contributed by atoms with Gasteiger partial charge >= 0.3 is 6.03 Å². The van der Waals surface area contributed by atoms with Crippen LogP contribution in [0.1, 0.15) is 25.7 Å². The minimum Gasteiger partial charge on any atom is -0.378 e. The van der Waals surface area contributed by atoms with Crippen LogP contribution in [-0.2, 0) is 9.53 Å². The molecule has 3 rings (SSSR count). The maximum absolute atomic E-state index is 12.0. The lowest BCUT2D eigenvalue weighted by Gasteiger charge is -2.27. The molecular formula is C14H23N3O3S. The number of nitrogens with zero attached hydrogens (tertiary/aromatic N) is 1. The molecule has 3 saturated heterocycles. The third-order valence-corrected chi connectivity index (χ3v) is 5.94. The minimum absolute atomic E-state index is 0.0298. The van der Waals surface area contributed by atoms with E-state index < -0.39 is 0 Å². The van der Waals surface area contributed by atoms with E-state index in [9.17, 15) is 9.59 Å². The van der Waals surface area contributed by atoms with Crippen LogP contribution in [0.4, 0.5) is 4.79 Å². The van der Waals surface area contributed by atoms with Gasteiger partial charge in [-0.25, -0.2) is 4.79 Å². The Kier molecular flexibility index (Phi) is 4.90. The van der Waals surface area contributed by atoms with Gasteiger partial charge in [0.25, 0.3) is 0 Å². The Hall–Kier alpha value is -0.950. The number of morpholine rings is 1. The predicted molar refractivity (Wildman–Crippen MR) is 81.4 cm³/mol. The summed E-state index contributed by atoms with van der Waals surface area (Å²) in [6, 6.07) is 0.540. The first-order valence-corrected chi connectivity index (χ1v) is 8.83. The van der Waals surface area contributed by atoms with Crippen molar-refractivity contribution in [1.29, 1.82) is 0 Å². The molecule has 21 heavy (non-hydrogen) atoms. The number of rotatable bonds is 5. The smallest absolute Gasteiger partial charge is 0.315 e. The molecule has 0 radical (unpaired) electrons. The summed E-state index contributed by atoms with van der Waals surface area (Å²) in [6.07, 6.45) is 3.69. The number of fused-ring (bicyclic) bond motifs is 1. The van der Waals surface area contributed by atoms with Crippen molar-refractivity contribution in [1.82, 2.24) is 15.5 Å². The third kappa shape index (κ3) is 3.63. The van der Waals surface area contributed by atoms with E-state index in [-0.39, 0.29) is 18.0 Å². The normalized spacial score (nSPS) is 31.7. The van der Waals surface area contributed by atoms with Crippen LogP contribution in [0.5, 0.6) is 0 Å². The van der Waals surface area contributed by atoms with Gasteiger partial charge in [0.05, 0.1) is 25.3 Å². The van der Waals surface area contributed by atoms with Crippen LogP contribution in [0.2, 0.25) is 0 Å². The molecule has 3 heterocycles. The number of urea groups is 1. The SMILES string of the molecule is O=C1N[C@H]2[C@H](CS[C@H]2CCCCC(=O)N2CCOCC2)N1. The maximum atomic E-state index is 12.0. The van der Waals surface area contributed by atoms with Crippen molar-refractivity contribution in [2.24, 2.45) is 0 Å². The Balaban J connectivity index is 1.33. The molecule has 0 spiro atoms. The predicted octanol–water partition coefficient (Wildman–Crippen LogP) is 0.571. The summed E-state index contributed by atoms with van der Waals surface area (Å²) in [4.78, 5) is 25.2. The van der Waals surface area contributed by atoms with E-state index in [0.717, 1.165) is 38.1 Å². The van der Waals surface area contributed by atoms with Crippen molar-refractivity contribution in [2.45, 2.75) is 43.0 Å². The molecule has 0 bridgehead atoms. The van der Waals surface area contributed by atoms with Crippen LogP contribution >= 0.6 is 11.8 Å². The van der Waals surface area contributed by atoms with E-state index in [2.05, 4.69) is 10.6 Å². The third-order valence-electron chi connectivity index (χ3n) is 4.43. The highest BCUT2D eigenvalue weighted by molar-refractivity contribution is 8.00. The molecule has 0 aromatic rings. The summed E-state index contributed by atoms with van der Waals surface area (Å²) >= 11 is 1.93. The summed E-state index contributed by atoms with van der Waals surface area (Å²) in [6.45, 7) is 2.80. The zero-order chi connectivity index (χ0) is 14.7. The fourth-order valence-corrected chi connectivity index (χ4v) is 4.78. The van der Waals surface area contributed by atoms with Crippen LogP contribution in [0.25, 0.3) is 0 Å². The number of thioether (sulfide) groups is 1. The second-order valence-electron chi connectivity index (χ2n) is 5.86. The molecule has 0 aromatic heterocycles. The number of carbonyl (C=O) groups excluding carboxylic acids is 2. The van der Waals surface area contributed by atoms with Gasteiger partial charge in [-0.15, -0.1) is 0 Å². The van der Waals surface area contributed by atoms with Gasteiger partial charge in [-0.05, 0) is 12.8 Å². The van der Waals surface area contributed by atoms with E-state index in [1.54, 1.807) is 0 Å². The molecule has 7 heteroatoms. The molecule has 0 saturated carbocycles. The Morgan fingerprint density at radius 3 is 2.90 bits per heavy atom. The lowest BCUT2D eigenvalue weighted by molar-refractivity contribution is -0.135. The van der Waals surface area contributed by atoms with E-state index in [0.29, 0.717) is 30.9 Å². The first kappa shape index (κ1) is 15.0. The number of nitrogens with one attached hydrogen (secondary N) is 2. The molecule has 3 aliphatic heterocycles. The zero-order valence-corrected chi connectivity index (χ0v) is 13.0. The Morgan fingerprint density at radius 1 is 1.29 bits per heavy atom. The average Bonchev–Trinajstić information content (AvgIpc) is 3.04. The Labute approximate surface area is 129 Å². The number of carbonyl (C=O) groups is 2. The maximum Gasteiger partial charge on any atom is 0.315 e. The van der Waals surface area contributed by atoms with E-state index >= 15 is 0 Å². The molecule has 3 atom stereocenters. The van der Waals surface area contributed by atoms with Crippen molar-refractivity contribution >= 4 is 23.7 Å². The quantitative estimate of drug-likeness (QED) is 0.575. The Bertz CT molecular complexity index is 401. The van der Waals surface area contributed by atoms with Gasteiger partial charge < -0.3 is 20.3 Å². The zero-order valence-electron chi connectivity index (χ0n) is 12.2. The second kappa shape index (κ2) is 6.87. The lowest BCUT2D eigenvalue weighted by Crippen LogP contribution is -2.40. The van der Waals surface area contributed by atoms with Crippen LogP contribution in [-0.4, -0.2) is 66.2 Å². The van der Waals surface area contributed by atoms with E-state index in [1.807, 2.05) is 16.7 Å². The number of ether oxygens (including phenoxy) is 1. The fourth-order valence-electron chi connectivity index (χ4n) is 3.24. The van der Waals surface area contributed by atoms with Gasteiger partial charge in [-0.3, -0.25) is 4.79 Å². The van der Waals surface area contributed by atoms with Crippen molar-refractivity contribution in [3.8, 4) is 0 Å². The van der Waals surface area contributed by atoms with Gasteiger partial charge in [0.1, 0.15) is 0 Å².